The second-order valence-electron chi connectivity index (χ2n) is 5.08. The van der Waals surface area contributed by atoms with E-state index >= 15 is 0 Å². The van der Waals surface area contributed by atoms with Crippen molar-refractivity contribution in [1.82, 2.24) is 9.80 Å². The first kappa shape index (κ1) is 13.7. The van der Waals surface area contributed by atoms with Crippen molar-refractivity contribution < 1.29 is 4.79 Å². The molecule has 4 nitrogen and oxygen atoms in total. The third kappa shape index (κ3) is 2.37. The van der Waals surface area contributed by atoms with Crippen LogP contribution in [0, 0.1) is 0 Å². The molecule has 106 valence electrons. The molecule has 0 atom stereocenters. The van der Waals surface area contributed by atoms with Crippen LogP contribution in [0.3, 0.4) is 0 Å². The summed E-state index contributed by atoms with van der Waals surface area (Å²) in [5, 5.41) is 1.58. The lowest BCUT2D eigenvalue weighted by molar-refractivity contribution is 0.0670. The van der Waals surface area contributed by atoms with Crippen LogP contribution in [0.2, 0.25) is 5.02 Å². The SMILES string of the molecule is CN1CCN(C(=O)c2sc3cc(Cl)ccc3c2N)CC1. The van der Waals surface area contributed by atoms with Crippen LogP contribution in [0.25, 0.3) is 10.1 Å². The third-order valence-electron chi connectivity index (χ3n) is 3.68. The van der Waals surface area contributed by atoms with Gasteiger partial charge in [0.05, 0.1) is 5.69 Å². The van der Waals surface area contributed by atoms with Gasteiger partial charge in [-0.15, -0.1) is 11.3 Å². The number of carbonyl (C=O) groups excluding carboxylic acids is 1. The molecule has 1 aromatic carbocycles. The summed E-state index contributed by atoms with van der Waals surface area (Å²) in [4.78, 5) is 17.3. The van der Waals surface area contributed by atoms with Gasteiger partial charge in [-0.1, -0.05) is 11.6 Å². The number of hydrogen-bond acceptors (Lipinski definition) is 4. The quantitative estimate of drug-likeness (QED) is 0.880. The number of thiophene rings is 1. The zero-order valence-corrected chi connectivity index (χ0v) is 12.8. The molecular weight excluding hydrogens is 294 g/mol. The number of halogens is 1. The molecule has 1 aliphatic rings. The van der Waals surface area contributed by atoms with E-state index < -0.39 is 0 Å². The summed E-state index contributed by atoms with van der Waals surface area (Å²) in [5.74, 6) is 0.0351. The van der Waals surface area contributed by atoms with E-state index in [4.69, 9.17) is 17.3 Å². The number of likely N-dealkylation sites (N-methyl/N-ethyl adjacent to an activating group) is 1. The third-order valence-corrected chi connectivity index (χ3v) is 5.07. The minimum absolute atomic E-state index is 0.0351. The van der Waals surface area contributed by atoms with Gasteiger partial charge in [0.2, 0.25) is 0 Å². The maximum absolute atomic E-state index is 12.6. The average Bonchev–Trinajstić information content (AvgIpc) is 2.75. The Bertz CT molecular complexity index is 662. The first-order chi connectivity index (χ1) is 9.56. The highest BCUT2D eigenvalue weighted by molar-refractivity contribution is 7.21. The van der Waals surface area contributed by atoms with Gasteiger partial charge in [0.1, 0.15) is 4.88 Å². The van der Waals surface area contributed by atoms with Gasteiger partial charge in [-0.3, -0.25) is 4.79 Å². The lowest BCUT2D eigenvalue weighted by atomic mass is 10.2. The number of nitrogens with zero attached hydrogens (tertiary/aromatic N) is 2. The predicted molar refractivity (Wildman–Crippen MR) is 84.6 cm³/mol. The summed E-state index contributed by atoms with van der Waals surface area (Å²) in [6.07, 6.45) is 0. The first-order valence-corrected chi connectivity index (χ1v) is 7.71. The van der Waals surface area contributed by atoms with E-state index in [2.05, 4.69) is 11.9 Å². The zero-order valence-electron chi connectivity index (χ0n) is 11.2. The highest BCUT2D eigenvalue weighted by Gasteiger charge is 2.24. The Balaban J connectivity index is 1.93. The molecule has 1 fully saturated rings. The van der Waals surface area contributed by atoms with Crippen LogP contribution in [0.4, 0.5) is 5.69 Å². The fourth-order valence-electron chi connectivity index (χ4n) is 2.40. The molecule has 1 saturated heterocycles. The second-order valence-corrected chi connectivity index (χ2v) is 6.57. The van der Waals surface area contributed by atoms with Crippen molar-refractivity contribution in [2.45, 2.75) is 0 Å². The first-order valence-electron chi connectivity index (χ1n) is 6.51. The van der Waals surface area contributed by atoms with Gasteiger partial charge in [0.25, 0.3) is 5.91 Å². The summed E-state index contributed by atoms with van der Waals surface area (Å²) in [7, 11) is 2.07. The molecule has 1 amide bonds. The molecule has 2 heterocycles. The van der Waals surface area contributed by atoms with Gasteiger partial charge >= 0.3 is 0 Å². The Morgan fingerprint density at radius 2 is 2.00 bits per heavy atom. The van der Waals surface area contributed by atoms with E-state index in [9.17, 15) is 4.79 Å². The normalized spacial score (nSPS) is 16.8. The molecule has 1 aliphatic heterocycles. The van der Waals surface area contributed by atoms with Crippen molar-refractivity contribution in [3.05, 3.63) is 28.1 Å². The monoisotopic (exact) mass is 309 g/mol. The number of piperazine rings is 1. The molecule has 3 rings (SSSR count). The number of nitrogen functional groups attached to an aromatic ring is 1. The number of amides is 1. The molecule has 0 aliphatic carbocycles. The highest BCUT2D eigenvalue weighted by atomic mass is 35.5. The number of hydrogen-bond donors (Lipinski definition) is 1. The summed E-state index contributed by atoms with van der Waals surface area (Å²) < 4.78 is 0.965. The number of anilines is 1. The van der Waals surface area contributed by atoms with Crippen molar-refractivity contribution in [2.75, 3.05) is 39.0 Å². The molecule has 0 bridgehead atoms. The average molecular weight is 310 g/mol. The van der Waals surface area contributed by atoms with Crippen molar-refractivity contribution in [3.63, 3.8) is 0 Å². The maximum atomic E-state index is 12.6. The lowest BCUT2D eigenvalue weighted by Gasteiger charge is -2.32. The van der Waals surface area contributed by atoms with Gasteiger partial charge in [-0.25, -0.2) is 0 Å². The van der Waals surface area contributed by atoms with Crippen LogP contribution >= 0.6 is 22.9 Å². The number of benzene rings is 1. The highest BCUT2D eigenvalue weighted by Crippen LogP contribution is 2.36. The largest absolute Gasteiger partial charge is 0.397 e. The Morgan fingerprint density at radius 1 is 1.30 bits per heavy atom. The fraction of sp³-hybridized carbons (Fsp3) is 0.357. The molecular formula is C14H16ClN3OS. The molecule has 0 spiro atoms. The molecule has 2 N–H and O–H groups in total. The topological polar surface area (TPSA) is 49.6 Å². The van der Waals surface area contributed by atoms with Crippen molar-refractivity contribution in [1.29, 1.82) is 0 Å². The number of carbonyl (C=O) groups is 1. The standard InChI is InChI=1S/C14H16ClN3OS/c1-17-4-6-18(7-5-17)14(19)13-12(16)10-3-2-9(15)8-11(10)20-13/h2-3,8H,4-7,16H2,1H3. The van der Waals surface area contributed by atoms with Gasteiger partial charge < -0.3 is 15.5 Å². The van der Waals surface area contributed by atoms with Gasteiger partial charge in [-0.2, -0.15) is 0 Å². The van der Waals surface area contributed by atoms with Crippen LogP contribution in [-0.4, -0.2) is 48.9 Å². The van der Waals surface area contributed by atoms with Crippen LogP contribution < -0.4 is 5.73 Å². The van der Waals surface area contributed by atoms with E-state index in [1.54, 1.807) is 6.07 Å². The minimum Gasteiger partial charge on any atom is -0.397 e. The maximum Gasteiger partial charge on any atom is 0.266 e. The van der Waals surface area contributed by atoms with Gasteiger partial charge in [0.15, 0.2) is 0 Å². The van der Waals surface area contributed by atoms with E-state index in [1.165, 1.54) is 11.3 Å². The summed E-state index contributed by atoms with van der Waals surface area (Å²) in [5.41, 5.74) is 6.71. The van der Waals surface area contributed by atoms with E-state index in [-0.39, 0.29) is 5.91 Å². The molecule has 0 unspecified atom stereocenters. The predicted octanol–water partition coefficient (Wildman–Crippen LogP) is 2.52. The van der Waals surface area contributed by atoms with E-state index in [0.29, 0.717) is 15.6 Å². The second kappa shape index (κ2) is 5.24. The smallest absolute Gasteiger partial charge is 0.266 e. The van der Waals surface area contributed by atoms with Gasteiger partial charge in [0, 0.05) is 41.3 Å². The molecule has 2 aromatic rings. The van der Waals surface area contributed by atoms with Crippen LogP contribution in [0.15, 0.2) is 18.2 Å². The Kier molecular flexibility index (Phi) is 3.58. The van der Waals surface area contributed by atoms with Crippen molar-refractivity contribution in [3.8, 4) is 0 Å². The Labute approximate surface area is 126 Å². The van der Waals surface area contributed by atoms with Gasteiger partial charge in [-0.05, 0) is 25.2 Å². The Hall–Kier alpha value is -1.30. The number of rotatable bonds is 1. The van der Waals surface area contributed by atoms with Crippen LogP contribution in [0.1, 0.15) is 9.67 Å². The minimum atomic E-state index is 0.0351. The van der Waals surface area contributed by atoms with Crippen LogP contribution in [-0.2, 0) is 0 Å². The lowest BCUT2D eigenvalue weighted by Crippen LogP contribution is -2.47. The molecule has 1 aromatic heterocycles. The molecule has 6 heteroatoms. The summed E-state index contributed by atoms with van der Waals surface area (Å²) in [6, 6.07) is 5.54. The summed E-state index contributed by atoms with van der Waals surface area (Å²) in [6.45, 7) is 3.32. The Morgan fingerprint density at radius 3 is 2.70 bits per heavy atom. The molecule has 0 radical (unpaired) electrons. The van der Waals surface area contributed by atoms with Crippen molar-refractivity contribution >= 4 is 44.6 Å². The van der Waals surface area contributed by atoms with E-state index in [1.807, 2.05) is 17.0 Å². The number of nitrogens with two attached hydrogens (primary N) is 1. The van der Waals surface area contributed by atoms with E-state index in [0.717, 1.165) is 36.3 Å². The molecule has 20 heavy (non-hydrogen) atoms. The summed E-state index contributed by atoms with van der Waals surface area (Å²) >= 11 is 7.42. The molecule has 0 saturated carbocycles. The zero-order chi connectivity index (χ0) is 14.3. The van der Waals surface area contributed by atoms with Crippen LogP contribution in [0.5, 0.6) is 0 Å². The fourth-order valence-corrected chi connectivity index (χ4v) is 3.77. The van der Waals surface area contributed by atoms with Crippen molar-refractivity contribution in [2.24, 2.45) is 0 Å². The number of fused-ring (bicyclic) bond motifs is 1.